The van der Waals surface area contributed by atoms with E-state index in [0.717, 1.165) is 38.5 Å². The van der Waals surface area contributed by atoms with Crippen LogP contribution in [0.1, 0.15) is 92.9 Å². The maximum absolute atomic E-state index is 12.2. The molecule has 0 aromatic heterocycles. The van der Waals surface area contributed by atoms with Gasteiger partial charge in [0.25, 0.3) is 0 Å². The lowest BCUT2D eigenvalue weighted by molar-refractivity contribution is 0.0319. The summed E-state index contributed by atoms with van der Waals surface area (Å²) in [4.78, 5) is 24.3. The molecule has 0 fully saturated rings. The van der Waals surface area contributed by atoms with Crippen LogP contribution >= 0.6 is 0 Å². The van der Waals surface area contributed by atoms with Gasteiger partial charge in [-0.1, -0.05) is 52.0 Å². The van der Waals surface area contributed by atoms with E-state index in [1.165, 1.54) is 12.8 Å². The third kappa shape index (κ3) is 8.71. The first-order valence-corrected chi connectivity index (χ1v) is 9.56. The van der Waals surface area contributed by atoms with Crippen molar-refractivity contribution in [3.05, 3.63) is 35.4 Å². The minimum atomic E-state index is -0.390. The van der Waals surface area contributed by atoms with Crippen molar-refractivity contribution in [1.82, 2.24) is 0 Å². The van der Waals surface area contributed by atoms with Gasteiger partial charge in [-0.25, -0.2) is 9.59 Å². The molecule has 0 aliphatic carbocycles. The van der Waals surface area contributed by atoms with Gasteiger partial charge in [0.05, 0.1) is 23.8 Å². The molecule has 4 nitrogen and oxygen atoms in total. The molecule has 0 spiro atoms. The van der Waals surface area contributed by atoms with Gasteiger partial charge in [0.1, 0.15) is 0 Å². The van der Waals surface area contributed by atoms with Crippen molar-refractivity contribution < 1.29 is 19.1 Å². The third-order valence-electron chi connectivity index (χ3n) is 4.09. The van der Waals surface area contributed by atoms with Gasteiger partial charge in [-0.2, -0.15) is 0 Å². The molecule has 4 heteroatoms. The average Bonchev–Trinajstić information content (AvgIpc) is 2.62. The molecule has 0 saturated carbocycles. The zero-order chi connectivity index (χ0) is 18.5. The smallest absolute Gasteiger partial charge is 0.338 e. The molecule has 0 saturated heterocycles. The van der Waals surface area contributed by atoms with Gasteiger partial charge in [0.15, 0.2) is 0 Å². The lowest BCUT2D eigenvalue weighted by atomic mass is 10.1. The Balaban J connectivity index is 2.49. The Bertz CT molecular complexity index is 524. The molecule has 0 aliphatic heterocycles. The summed E-state index contributed by atoms with van der Waals surface area (Å²) in [5, 5.41) is 0. The molecule has 1 rings (SSSR count). The number of carbonyl (C=O) groups is 2. The van der Waals surface area contributed by atoms with Crippen LogP contribution in [0.2, 0.25) is 0 Å². The summed E-state index contributed by atoms with van der Waals surface area (Å²) in [7, 11) is 0. The first-order chi connectivity index (χ1) is 12.1. The predicted octanol–water partition coefficient (Wildman–Crippen LogP) is 5.55. The molecule has 0 amide bonds. The van der Waals surface area contributed by atoms with Crippen LogP contribution in [0.15, 0.2) is 24.3 Å². The van der Waals surface area contributed by atoms with Crippen LogP contribution in [-0.4, -0.2) is 24.6 Å². The van der Waals surface area contributed by atoms with E-state index < -0.39 is 5.97 Å². The average molecular weight is 348 g/mol. The standard InChI is InChI=1S/C21H32O4/c1-4-6-8-9-12-17(3)25-21(23)19-14-11-13-18(16-19)20(22)24-15-10-7-5-2/h11,13-14,16-17H,4-10,12,15H2,1-3H3. The van der Waals surface area contributed by atoms with E-state index in [1.54, 1.807) is 24.3 Å². The molecule has 1 aromatic carbocycles. The lowest BCUT2D eigenvalue weighted by Gasteiger charge is -2.13. The highest BCUT2D eigenvalue weighted by Gasteiger charge is 2.15. The van der Waals surface area contributed by atoms with Gasteiger partial charge in [0, 0.05) is 0 Å². The zero-order valence-electron chi connectivity index (χ0n) is 15.9. The molecule has 25 heavy (non-hydrogen) atoms. The Morgan fingerprint density at radius 1 is 0.920 bits per heavy atom. The van der Waals surface area contributed by atoms with E-state index in [4.69, 9.17) is 9.47 Å². The summed E-state index contributed by atoms with van der Waals surface area (Å²) >= 11 is 0. The van der Waals surface area contributed by atoms with Gasteiger partial charge in [-0.3, -0.25) is 0 Å². The number of esters is 2. The second-order valence-corrected chi connectivity index (χ2v) is 6.49. The minimum absolute atomic E-state index is 0.117. The second-order valence-electron chi connectivity index (χ2n) is 6.49. The zero-order valence-corrected chi connectivity index (χ0v) is 15.9. The largest absolute Gasteiger partial charge is 0.462 e. The van der Waals surface area contributed by atoms with Crippen LogP contribution in [0.25, 0.3) is 0 Å². The van der Waals surface area contributed by atoms with Gasteiger partial charge in [-0.05, 0) is 44.4 Å². The predicted molar refractivity (Wildman–Crippen MR) is 99.9 cm³/mol. The molecule has 1 atom stereocenters. The fraction of sp³-hybridized carbons (Fsp3) is 0.619. The third-order valence-corrected chi connectivity index (χ3v) is 4.09. The highest BCUT2D eigenvalue weighted by molar-refractivity contribution is 5.95. The van der Waals surface area contributed by atoms with Gasteiger partial charge < -0.3 is 9.47 Å². The Morgan fingerprint density at radius 3 is 2.24 bits per heavy atom. The number of rotatable bonds is 12. The highest BCUT2D eigenvalue weighted by Crippen LogP contribution is 2.13. The van der Waals surface area contributed by atoms with Crippen molar-refractivity contribution in [2.75, 3.05) is 6.61 Å². The topological polar surface area (TPSA) is 52.6 Å². The van der Waals surface area contributed by atoms with E-state index in [9.17, 15) is 9.59 Å². The van der Waals surface area contributed by atoms with Gasteiger partial charge in [0.2, 0.25) is 0 Å². The Morgan fingerprint density at radius 2 is 1.56 bits per heavy atom. The maximum Gasteiger partial charge on any atom is 0.338 e. The summed E-state index contributed by atoms with van der Waals surface area (Å²) in [6.45, 7) is 6.60. The van der Waals surface area contributed by atoms with Crippen molar-refractivity contribution in [3.63, 3.8) is 0 Å². The van der Waals surface area contributed by atoms with Crippen LogP contribution in [0.5, 0.6) is 0 Å². The lowest BCUT2D eigenvalue weighted by Crippen LogP contribution is -2.16. The Kier molecular flexibility index (Phi) is 10.6. The van der Waals surface area contributed by atoms with Crippen LogP contribution in [0, 0.1) is 0 Å². The van der Waals surface area contributed by atoms with Gasteiger partial charge >= 0.3 is 11.9 Å². The minimum Gasteiger partial charge on any atom is -0.462 e. The van der Waals surface area contributed by atoms with Crippen molar-refractivity contribution in [2.45, 2.75) is 78.2 Å². The van der Waals surface area contributed by atoms with Crippen molar-refractivity contribution in [3.8, 4) is 0 Å². The van der Waals surface area contributed by atoms with Crippen LogP contribution < -0.4 is 0 Å². The van der Waals surface area contributed by atoms with Crippen molar-refractivity contribution in [2.24, 2.45) is 0 Å². The fourth-order valence-corrected chi connectivity index (χ4v) is 2.54. The van der Waals surface area contributed by atoms with E-state index >= 15 is 0 Å². The highest BCUT2D eigenvalue weighted by atomic mass is 16.5. The normalized spacial score (nSPS) is 11.8. The fourth-order valence-electron chi connectivity index (χ4n) is 2.54. The number of carbonyl (C=O) groups excluding carboxylic acids is 2. The summed E-state index contributed by atoms with van der Waals surface area (Å²) in [5.74, 6) is -0.776. The molecule has 0 bridgehead atoms. The SMILES string of the molecule is CCCCCCC(C)OC(=O)c1cccc(C(=O)OCCCCC)c1. The summed E-state index contributed by atoms with van der Waals surface area (Å²) in [6, 6.07) is 6.56. The molecular formula is C21H32O4. The van der Waals surface area contributed by atoms with E-state index in [2.05, 4.69) is 13.8 Å². The number of ether oxygens (including phenoxy) is 2. The Labute approximate surface area is 151 Å². The maximum atomic E-state index is 12.2. The number of hydrogen-bond donors (Lipinski definition) is 0. The molecule has 0 radical (unpaired) electrons. The van der Waals surface area contributed by atoms with E-state index in [0.29, 0.717) is 17.7 Å². The molecule has 0 N–H and O–H groups in total. The molecule has 0 heterocycles. The van der Waals surface area contributed by atoms with Gasteiger partial charge in [-0.15, -0.1) is 0 Å². The quantitative estimate of drug-likeness (QED) is 0.367. The van der Waals surface area contributed by atoms with E-state index in [-0.39, 0.29) is 12.1 Å². The molecular weight excluding hydrogens is 316 g/mol. The first-order valence-electron chi connectivity index (χ1n) is 9.56. The van der Waals surface area contributed by atoms with E-state index in [1.807, 2.05) is 6.92 Å². The monoisotopic (exact) mass is 348 g/mol. The second kappa shape index (κ2) is 12.5. The number of hydrogen-bond acceptors (Lipinski definition) is 4. The summed E-state index contributed by atoms with van der Waals surface area (Å²) < 4.78 is 10.7. The molecule has 0 aliphatic rings. The van der Waals surface area contributed by atoms with Crippen LogP contribution in [0.4, 0.5) is 0 Å². The van der Waals surface area contributed by atoms with Crippen LogP contribution in [-0.2, 0) is 9.47 Å². The Hall–Kier alpha value is -1.84. The van der Waals surface area contributed by atoms with Crippen molar-refractivity contribution in [1.29, 1.82) is 0 Å². The first kappa shape index (κ1) is 21.2. The number of benzene rings is 1. The number of unbranched alkanes of at least 4 members (excludes halogenated alkanes) is 5. The van der Waals surface area contributed by atoms with Crippen molar-refractivity contribution >= 4 is 11.9 Å². The molecule has 140 valence electrons. The molecule has 1 aromatic rings. The molecule has 1 unspecified atom stereocenters. The summed E-state index contributed by atoms with van der Waals surface area (Å²) in [5.41, 5.74) is 0.782. The summed E-state index contributed by atoms with van der Waals surface area (Å²) in [6.07, 6.45) is 8.35. The van der Waals surface area contributed by atoms with Crippen LogP contribution in [0.3, 0.4) is 0 Å².